The number of alkyl halides is 3. The van der Waals surface area contributed by atoms with Crippen LogP contribution in [0, 0.1) is 0 Å². The molecule has 1 atom stereocenters. The van der Waals surface area contributed by atoms with Gasteiger partial charge in [0.25, 0.3) is 0 Å². The van der Waals surface area contributed by atoms with Crippen LogP contribution in [0.5, 0.6) is 5.75 Å². The first-order chi connectivity index (χ1) is 7.34. The third-order valence-electron chi connectivity index (χ3n) is 2.02. The van der Waals surface area contributed by atoms with Crippen molar-refractivity contribution < 1.29 is 17.9 Å². The SMILES string of the molecule is CC(Oc1ccc(CN)c(Br)c1)C(F)(F)F. The first-order valence-electron chi connectivity index (χ1n) is 4.56. The normalized spacial score (nSPS) is 13.6. The minimum atomic E-state index is -4.36. The maximum absolute atomic E-state index is 12.2. The molecule has 1 aromatic rings. The zero-order chi connectivity index (χ0) is 12.3. The topological polar surface area (TPSA) is 35.2 Å². The number of hydrogen-bond acceptors (Lipinski definition) is 2. The summed E-state index contributed by atoms with van der Waals surface area (Å²) in [7, 11) is 0. The van der Waals surface area contributed by atoms with Crippen LogP contribution in [0.25, 0.3) is 0 Å². The average molecular weight is 298 g/mol. The van der Waals surface area contributed by atoms with E-state index < -0.39 is 12.3 Å². The molecule has 2 nitrogen and oxygen atoms in total. The molecule has 0 saturated carbocycles. The molecule has 0 heterocycles. The van der Waals surface area contributed by atoms with Gasteiger partial charge < -0.3 is 10.5 Å². The van der Waals surface area contributed by atoms with Gasteiger partial charge in [-0.3, -0.25) is 0 Å². The molecule has 90 valence electrons. The van der Waals surface area contributed by atoms with Crippen LogP contribution in [0.15, 0.2) is 22.7 Å². The Labute approximate surface area is 99.7 Å². The van der Waals surface area contributed by atoms with Crippen molar-refractivity contribution in [1.82, 2.24) is 0 Å². The third kappa shape index (κ3) is 3.38. The van der Waals surface area contributed by atoms with E-state index in [9.17, 15) is 13.2 Å². The minimum absolute atomic E-state index is 0.161. The quantitative estimate of drug-likeness (QED) is 0.929. The summed E-state index contributed by atoms with van der Waals surface area (Å²) in [4.78, 5) is 0. The van der Waals surface area contributed by atoms with Crippen molar-refractivity contribution in [2.24, 2.45) is 5.73 Å². The van der Waals surface area contributed by atoms with Crippen LogP contribution in [0.2, 0.25) is 0 Å². The largest absolute Gasteiger partial charge is 0.481 e. The predicted molar refractivity (Wildman–Crippen MR) is 58.2 cm³/mol. The van der Waals surface area contributed by atoms with Crippen LogP contribution in [0.1, 0.15) is 12.5 Å². The number of ether oxygens (including phenoxy) is 1. The lowest BCUT2D eigenvalue weighted by atomic mass is 10.2. The first kappa shape index (κ1) is 13.3. The van der Waals surface area contributed by atoms with E-state index in [1.165, 1.54) is 12.1 Å². The van der Waals surface area contributed by atoms with Crippen molar-refractivity contribution >= 4 is 15.9 Å². The van der Waals surface area contributed by atoms with Crippen molar-refractivity contribution in [3.05, 3.63) is 28.2 Å². The van der Waals surface area contributed by atoms with Gasteiger partial charge in [0.1, 0.15) is 5.75 Å². The second-order valence-corrected chi connectivity index (χ2v) is 4.11. The van der Waals surface area contributed by atoms with E-state index in [4.69, 9.17) is 10.5 Å². The molecule has 16 heavy (non-hydrogen) atoms. The highest BCUT2D eigenvalue weighted by Crippen LogP contribution is 2.28. The molecule has 6 heteroatoms. The Hall–Kier alpha value is -0.750. The summed E-state index contributed by atoms with van der Waals surface area (Å²) in [5.74, 6) is 0.161. The molecule has 0 aliphatic heterocycles. The smallest absolute Gasteiger partial charge is 0.425 e. The standard InChI is InChI=1S/C10H11BrF3NO/c1-6(10(12,13)14)16-8-3-2-7(5-15)9(11)4-8/h2-4,6H,5,15H2,1H3. The van der Waals surface area contributed by atoms with E-state index in [0.29, 0.717) is 11.0 Å². The van der Waals surface area contributed by atoms with Gasteiger partial charge in [-0.25, -0.2) is 0 Å². The molecule has 0 bridgehead atoms. The van der Waals surface area contributed by atoms with Gasteiger partial charge in [-0.1, -0.05) is 22.0 Å². The van der Waals surface area contributed by atoms with E-state index in [2.05, 4.69) is 15.9 Å². The highest BCUT2D eigenvalue weighted by atomic mass is 79.9. The van der Waals surface area contributed by atoms with E-state index >= 15 is 0 Å². The average Bonchev–Trinajstić information content (AvgIpc) is 2.16. The van der Waals surface area contributed by atoms with Gasteiger partial charge in [-0.15, -0.1) is 0 Å². The molecule has 1 unspecified atom stereocenters. The third-order valence-corrected chi connectivity index (χ3v) is 2.76. The van der Waals surface area contributed by atoms with Gasteiger partial charge in [0, 0.05) is 11.0 Å². The second kappa shape index (κ2) is 5.05. The van der Waals surface area contributed by atoms with Crippen molar-refractivity contribution in [1.29, 1.82) is 0 Å². The fraction of sp³-hybridized carbons (Fsp3) is 0.400. The summed E-state index contributed by atoms with van der Waals surface area (Å²) in [6.07, 6.45) is -6.19. The molecule has 0 saturated heterocycles. The maximum Gasteiger partial charge on any atom is 0.425 e. The van der Waals surface area contributed by atoms with Gasteiger partial charge in [0.15, 0.2) is 6.10 Å². The van der Waals surface area contributed by atoms with Crippen LogP contribution >= 0.6 is 15.9 Å². The molecule has 0 aliphatic carbocycles. The van der Waals surface area contributed by atoms with E-state index in [0.717, 1.165) is 12.5 Å². The van der Waals surface area contributed by atoms with Crippen LogP contribution in [0.4, 0.5) is 13.2 Å². The maximum atomic E-state index is 12.2. The van der Waals surface area contributed by atoms with Gasteiger partial charge in [0.05, 0.1) is 0 Å². The zero-order valence-electron chi connectivity index (χ0n) is 8.51. The van der Waals surface area contributed by atoms with Crippen molar-refractivity contribution in [2.75, 3.05) is 0 Å². The summed E-state index contributed by atoms with van der Waals surface area (Å²) in [5, 5.41) is 0. The summed E-state index contributed by atoms with van der Waals surface area (Å²) < 4.78 is 42.1. The van der Waals surface area contributed by atoms with Gasteiger partial charge in [0.2, 0.25) is 0 Å². The van der Waals surface area contributed by atoms with Crippen LogP contribution < -0.4 is 10.5 Å². The lowest BCUT2D eigenvalue weighted by Gasteiger charge is -2.18. The van der Waals surface area contributed by atoms with Gasteiger partial charge >= 0.3 is 6.18 Å². The van der Waals surface area contributed by atoms with Crippen LogP contribution in [0.3, 0.4) is 0 Å². The van der Waals surface area contributed by atoms with Gasteiger partial charge in [-0.2, -0.15) is 13.2 Å². The molecule has 0 fully saturated rings. The first-order valence-corrected chi connectivity index (χ1v) is 5.35. The minimum Gasteiger partial charge on any atom is -0.481 e. The highest BCUT2D eigenvalue weighted by molar-refractivity contribution is 9.10. The second-order valence-electron chi connectivity index (χ2n) is 3.26. The Morgan fingerprint density at radius 2 is 2.06 bits per heavy atom. The molecule has 0 aliphatic rings. The molecule has 0 spiro atoms. The molecule has 0 amide bonds. The predicted octanol–water partition coefficient (Wildman–Crippen LogP) is 3.24. The van der Waals surface area contributed by atoms with Crippen LogP contribution in [-0.4, -0.2) is 12.3 Å². The van der Waals surface area contributed by atoms with Crippen LogP contribution in [-0.2, 0) is 6.54 Å². The molecule has 0 radical (unpaired) electrons. The molecule has 2 N–H and O–H groups in total. The van der Waals surface area contributed by atoms with Gasteiger partial charge in [-0.05, 0) is 24.6 Å². The van der Waals surface area contributed by atoms with E-state index in [-0.39, 0.29) is 5.75 Å². The van der Waals surface area contributed by atoms with Crippen molar-refractivity contribution in [2.45, 2.75) is 25.7 Å². The number of hydrogen-bond donors (Lipinski definition) is 1. The number of nitrogens with two attached hydrogens (primary N) is 1. The molecule has 1 rings (SSSR count). The van der Waals surface area contributed by atoms with E-state index in [1.54, 1.807) is 6.07 Å². The summed E-state index contributed by atoms with van der Waals surface area (Å²) >= 11 is 3.21. The fourth-order valence-electron chi connectivity index (χ4n) is 1.04. The lowest BCUT2D eigenvalue weighted by molar-refractivity contribution is -0.189. The number of rotatable bonds is 3. The van der Waals surface area contributed by atoms with Crippen molar-refractivity contribution in [3.63, 3.8) is 0 Å². The number of benzene rings is 1. The summed E-state index contributed by atoms with van der Waals surface area (Å²) in [6.45, 7) is 1.28. The monoisotopic (exact) mass is 297 g/mol. The molecular formula is C10H11BrF3NO. The Morgan fingerprint density at radius 1 is 1.44 bits per heavy atom. The summed E-state index contributed by atoms with van der Waals surface area (Å²) in [6, 6.07) is 4.57. The molecular weight excluding hydrogens is 287 g/mol. The molecule has 0 aromatic heterocycles. The molecule has 1 aromatic carbocycles. The van der Waals surface area contributed by atoms with E-state index in [1.807, 2.05) is 0 Å². The lowest BCUT2D eigenvalue weighted by Crippen LogP contribution is -2.31. The number of halogens is 4. The Bertz CT molecular complexity index is 368. The summed E-state index contributed by atoms with van der Waals surface area (Å²) in [5.41, 5.74) is 6.23. The highest BCUT2D eigenvalue weighted by Gasteiger charge is 2.38. The fourth-order valence-corrected chi connectivity index (χ4v) is 1.56. The Balaban J connectivity index is 2.79. The van der Waals surface area contributed by atoms with Crippen molar-refractivity contribution in [3.8, 4) is 5.75 Å². The Morgan fingerprint density at radius 3 is 2.50 bits per heavy atom. The zero-order valence-corrected chi connectivity index (χ0v) is 10.1. The Kier molecular flexibility index (Phi) is 4.21.